The van der Waals surface area contributed by atoms with E-state index in [2.05, 4.69) is 0 Å². The number of Topliss-reactive ketones (excluding diaryl/α,β-unsaturated/α-hetero) is 1. The average molecular weight is 153 g/mol. The largest absolute Gasteiger partial charge is 0.324 e. The molecule has 0 spiro atoms. The molecule has 0 aliphatic heterocycles. The summed E-state index contributed by atoms with van der Waals surface area (Å²) in [5.41, 5.74) is 6.70. The van der Waals surface area contributed by atoms with Crippen LogP contribution in [0.25, 0.3) is 0 Å². The van der Waals surface area contributed by atoms with Crippen LogP contribution in [0.2, 0.25) is 0 Å². The van der Waals surface area contributed by atoms with E-state index >= 15 is 0 Å². The maximum Gasteiger partial charge on any atom is 0.175 e. The van der Waals surface area contributed by atoms with Gasteiger partial charge in [-0.25, -0.2) is 0 Å². The van der Waals surface area contributed by atoms with E-state index in [9.17, 15) is 4.79 Å². The van der Waals surface area contributed by atoms with Crippen LogP contribution in [0.15, 0.2) is 11.4 Å². The molecule has 0 saturated carbocycles. The van der Waals surface area contributed by atoms with Crippen LogP contribution in [0.1, 0.15) is 27.7 Å². The minimum Gasteiger partial charge on any atom is -0.324 e. The number of carbonyl (C=O) groups is 1. The zero-order valence-corrected chi connectivity index (χ0v) is 6.15. The third kappa shape index (κ3) is 0.646. The Morgan fingerprint density at radius 2 is 2.50 bits per heavy atom. The van der Waals surface area contributed by atoms with Crippen molar-refractivity contribution in [2.75, 3.05) is 0 Å². The number of carbonyl (C=O) groups excluding carboxylic acids is 1. The van der Waals surface area contributed by atoms with Crippen molar-refractivity contribution in [1.29, 1.82) is 0 Å². The van der Waals surface area contributed by atoms with E-state index in [0.717, 1.165) is 10.4 Å². The SMILES string of the molecule is N[C@H]1CC(=O)c2sccc21. The van der Waals surface area contributed by atoms with Crippen molar-refractivity contribution < 1.29 is 4.79 Å². The molecular weight excluding hydrogens is 146 g/mol. The number of hydrogen-bond acceptors (Lipinski definition) is 3. The van der Waals surface area contributed by atoms with Gasteiger partial charge in [0.1, 0.15) is 0 Å². The first-order valence-electron chi connectivity index (χ1n) is 3.15. The van der Waals surface area contributed by atoms with Gasteiger partial charge < -0.3 is 5.73 Å². The van der Waals surface area contributed by atoms with E-state index in [0.29, 0.717) is 6.42 Å². The summed E-state index contributed by atoms with van der Waals surface area (Å²) in [7, 11) is 0. The van der Waals surface area contributed by atoms with Crippen molar-refractivity contribution in [3.8, 4) is 0 Å². The molecule has 1 aromatic rings. The van der Waals surface area contributed by atoms with Crippen LogP contribution in [-0.2, 0) is 0 Å². The fourth-order valence-electron chi connectivity index (χ4n) is 1.24. The Morgan fingerprint density at radius 3 is 3.20 bits per heavy atom. The average Bonchev–Trinajstić information content (AvgIpc) is 2.39. The highest BCUT2D eigenvalue weighted by molar-refractivity contribution is 7.12. The second-order valence-electron chi connectivity index (χ2n) is 2.44. The first-order valence-corrected chi connectivity index (χ1v) is 4.03. The Bertz CT molecular complexity index is 279. The lowest BCUT2D eigenvalue weighted by Gasteiger charge is -1.95. The second kappa shape index (κ2) is 1.90. The topological polar surface area (TPSA) is 43.1 Å². The van der Waals surface area contributed by atoms with E-state index in [1.165, 1.54) is 11.3 Å². The van der Waals surface area contributed by atoms with E-state index in [-0.39, 0.29) is 11.8 Å². The lowest BCUT2D eigenvalue weighted by Crippen LogP contribution is -2.05. The molecule has 2 nitrogen and oxygen atoms in total. The van der Waals surface area contributed by atoms with E-state index in [1.807, 2.05) is 11.4 Å². The summed E-state index contributed by atoms with van der Waals surface area (Å²) in [6.45, 7) is 0. The summed E-state index contributed by atoms with van der Waals surface area (Å²) in [5, 5.41) is 1.92. The fourth-order valence-corrected chi connectivity index (χ4v) is 2.16. The minimum absolute atomic E-state index is 0.0336. The van der Waals surface area contributed by atoms with Gasteiger partial charge in [0, 0.05) is 12.5 Å². The summed E-state index contributed by atoms with van der Waals surface area (Å²) >= 11 is 1.49. The molecule has 1 aliphatic carbocycles. The van der Waals surface area contributed by atoms with Gasteiger partial charge in [0.25, 0.3) is 0 Å². The third-order valence-corrected chi connectivity index (χ3v) is 2.72. The Morgan fingerprint density at radius 1 is 1.70 bits per heavy atom. The van der Waals surface area contributed by atoms with Crippen LogP contribution in [0.4, 0.5) is 0 Å². The molecule has 52 valence electrons. The van der Waals surface area contributed by atoms with Gasteiger partial charge in [-0.05, 0) is 17.0 Å². The summed E-state index contributed by atoms with van der Waals surface area (Å²) in [6.07, 6.45) is 0.502. The van der Waals surface area contributed by atoms with Crippen LogP contribution in [-0.4, -0.2) is 5.78 Å². The zero-order valence-electron chi connectivity index (χ0n) is 5.33. The molecule has 1 aliphatic rings. The Kier molecular flexibility index (Phi) is 1.16. The Labute approximate surface area is 62.7 Å². The zero-order chi connectivity index (χ0) is 7.14. The smallest absolute Gasteiger partial charge is 0.175 e. The second-order valence-corrected chi connectivity index (χ2v) is 3.35. The van der Waals surface area contributed by atoms with Gasteiger partial charge in [0.15, 0.2) is 5.78 Å². The molecule has 0 unspecified atom stereocenters. The van der Waals surface area contributed by atoms with Crippen LogP contribution >= 0.6 is 11.3 Å². The van der Waals surface area contributed by atoms with Crippen molar-refractivity contribution in [3.05, 3.63) is 21.9 Å². The predicted molar refractivity (Wildman–Crippen MR) is 40.2 cm³/mol. The van der Waals surface area contributed by atoms with Gasteiger partial charge in [-0.1, -0.05) is 0 Å². The molecule has 2 rings (SSSR count). The standard InChI is InChI=1S/C7H7NOS/c8-5-3-6(9)7-4(5)1-2-10-7/h1-2,5H,3,8H2/t5-/m0/s1. The summed E-state index contributed by atoms with van der Waals surface area (Å²) in [5.74, 6) is 0.206. The number of rotatable bonds is 0. The van der Waals surface area contributed by atoms with Gasteiger partial charge in [-0.15, -0.1) is 11.3 Å². The molecular formula is C7H7NOS. The number of ketones is 1. The molecule has 10 heavy (non-hydrogen) atoms. The van der Waals surface area contributed by atoms with Gasteiger partial charge in [-0.3, -0.25) is 4.79 Å². The van der Waals surface area contributed by atoms with Crippen LogP contribution in [0.5, 0.6) is 0 Å². The molecule has 1 heterocycles. The number of nitrogens with two attached hydrogens (primary N) is 1. The Balaban J connectivity index is 2.58. The number of hydrogen-bond donors (Lipinski definition) is 1. The molecule has 1 aromatic heterocycles. The van der Waals surface area contributed by atoms with Crippen LogP contribution < -0.4 is 5.73 Å². The van der Waals surface area contributed by atoms with Crippen molar-refractivity contribution in [3.63, 3.8) is 0 Å². The van der Waals surface area contributed by atoms with Gasteiger partial charge in [0.05, 0.1) is 4.88 Å². The fraction of sp³-hybridized carbons (Fsp3) is 0.286. The molecule has 3 heteroatoms. The van der Waals surface area contributed by atoms with E-state index in [1.54, 1.807) is 0 Å². The highest BCUT2D eigenvalue weighted by atomic mass is 32.1. The minimum atomic E-state index is -0.0336. The number of fused-ring (bicyclic) bond motifs is 1. The molecule has 2 N–H and O–H groups in total. The molecule has 0 amide bonds. The monoisotopic (exact) mass is 153 g/mol. The molecule has 0 bridgehead atoms. The van der Waals surface area contributed by atoms with Crippen LogP contribution in [0.3, 0.4) is 0 Å². The molecule has 0 radical (unpaired) electrons. The van der Waals surface area contributed by atoms with Gasteiger partial charge >= 0.3 is 0 Å². The molecule has 0 aromatic carbocycles. The summed E-state index contributed by atoms with van der Waals surface area (Å²) in [6, 6.07) is 1.91. The van der Waals surface area contributed by atoms with Gasteiger partial charge in [-0.2, -0.15) is 0 Å². The predicted octanol–water partition coefficient (Wildman–Crippen LogP) is 1.33. The van der Waals surface area contributed by atoms with E-state index in [4.69, 9.17) is 5.73 Å². The van der Waals surface area contributed by atoms with Crippen molar-refractivity contribution in [2.45, 2.75) is 12.5 Å². The molecule has 1 atom stereocenters. The third-order valence-electron chi connectivity index (χ3n) is 1.75. The summed E-state index contributed by atoms with van der Waals surface area (Å²) < 4.78 is 0. The highest BCUT2D eigenvalue weighted by Crippen LogP contribution is 2.32. The van der Waals surface area contributed by atoms with Crippen molar-refractivity contribution >= 4 is 17.1 Å². The van der Waals surface area contributed by atoms with Crippen molar-refractivity contribution in [1.82, 2.24) is 0 Å². The Hall–Kier alpha value is -0.670. The maximum atomic E-state index is 11.1. The first kappa shape index (κ1) is 6.07. The molecule has 0 fully saturated rings. The van der Waals surface area contributed by atoms with Crippen molar-refractivity contribution in [2.24, 2.45) is 5.73 Å². The quantitative estimate of drug-likeness (QED) is 0.611. The summed E-state index contributed by atoms with van der Waals surface area (Å²) in [4.78, 5) is 11.9. The van der Waals surface area contributed by atoms with Gasteiger partial charge in [0.2, 0.25) is 0 Å². The first-order chi connectivity index (χ1) is 4.79. The highest BCUT2D eigenvalue weighted by Gasteiger charge is 2.27. The lowest BCUT2D eigenvalue weighted by atomic mass is 10.2. The molecule has 0 saturated heterocycles. The van der Waals surface area contributed by atoms with E-state index < -0.39 is 0 Å². The normalized spacial score (nSPS) is 23.3. The maximum absolute atomic E-state index is 11.1. The lowest BCUT2D eigenvalue weighted by molar-refractivity contribution is 0.0992. The van der Waals surface area contributed by atoms with Crippen LogP contribution in [0, 0.1) is 0 Å². The number of thiophene rings is 1.